The monoisotopic (exact) mass is 420 g/mol. The highest BCUT2D eigenvalue weighted by Crippen LogP contribution is 2.31. The Bertz CT molecular complexity index is 1050. The highest BCUT2D eigenvalue weighted by atomic mass is 16.3. The van der Waals surface area contributed by atoms with Gasteiger partial charge in [-0.05, 0) is 50.2 Å². The molecule has 0 unspecified atom stereocenters. The zero-order chi connectivity index (χ0) is 21.2. The Morgan fingerprint density at radius 2 is 1.94 bits per heavy atom. The highest BCUT2D eigenvalue weighted by Gasteiger charge is 2.28. The summed E-state index contributed by atoms with van der Waals surface area (Å²) in [6.45, 7) is 0.826. The summed E-state index contributed by atoms with van der Waals surface area (Å²) in [6, 6.07) is 3.74. The van der Waals surface area contributed by atoms with E-state index in [0.717, 1.165) is 37.7 Å². The van der Waals surface area contributed by atoms with Gasteiger partial charge in [-0.3, -0.25) is 19.8 Å². The van der Waals surface area contributed by atoms with Crippen LogP contribution in [-0.2, 0) is 4.79 Å². The average Bonchev–Trinajstić information content (AvgIpc) is 3.34. The topological polar surface area (TPSA) is 133 Å². The maximum atomic E-state index is 12.6. The molecule has 31 heavy (non-hydrogen) atoms. The number of fused-ring (bicyclic) bond motifs is 1. The van der Waals surface area contributed by atoms with Crippen LogP contribution in [-0.4, -0.2) is 60.3 Å². The molecule has 1 fully saturated rings. The number of carbonyl (C=O) groups is 1. The maximum absolute atomic E-state index is 12.6. The number of anilines is 2. The minimum atomic E-state index is -0.171. The zero-order valence-electron chi connectivity index (χ0n) is 17.0. The molecule has 0 spiro atoms. The number of aliphatic hydroxyl groups excluding tert-OH is 1. The van der Waals surface area contributed by atoms with Crippen LogP contribution in [0.15, 0.2) is 30.9 Å². The summed E-state index contributed by atoms with van der Waals surface area (Å²) in [5, 5.41) is 19.4. The molecule has 10 heteroatoms. The molecule has 0 bridgehead atoms. The number of amides is 1. The lowest BCUT2D eigenvalue weighted by molar-refractivity contribution is -0.117. The van der Waals surface area contributed by atoms with Crippen molar-refractivity contribution < 1.29 is 9.90 Å². The van der Waals surface area contributed by atoms with Gasteiger partial charge in [0.15, 0.2) is 17.5 Å². The Kier molecular flexibility index (Phi) is 5.29. The Morgan fingerprint density at radius 1 is 1.06 bits per heavy atom. The van der Waals surface area contributed by atoms with E-state index >= 15 is 0 Å². The van der Waals surface area contributed by atoms with Crippen molar-refractivity contribution in [1.82, 2.24) is 30.1 Å². The van der Waals surface area contributed by atoms with Crippen molar-refractivity contribution in [3.05, 3.63) is 30.9 Å². The number of carbonyl (C=O) groups excluding carboxylic acids is 1. The summed E-state index contributed by atoms with van der Waals surface area (Å²) in [5.74, 6) is 2.30. The molecule has 4 heterocycles. The fourth-order valence-electron chi connectivity index (χ4n) is 4.19. The molecule has 3 aromatic heterocycles. The molecule has 3 aromatic rings. The lowest BCUT2D eigenvalue weighted by Gasteiger charge is -2.31. The largest absolute Gasteiger partial charge is 0.393 e. The summed E-state index contributed by atoms with van der Waals surface area (Å²) in [4.78, 5) is 32.2. The van der Waals surface area contributed by atoms with E-state index in [1.165, 1.54) is 6.33 Å². The van der Waals surface area contributed by atoms with Crippen LogP contribution in [0.5, 0.6) is 0 Å². The summed E-state index contributed by atoms with van der Waals surface area (Å²) in [5.41, 5.74) is 2.14. The van der Waals surface area contributed by atoms with Crippen LogP contribution in [0.1, 0.15) is 32.1 Å². The second kappa shape index (κ2) is 8.38. The van der Waals surface area contributed by atoms with E-state index in [1.54, 1.807) is 17.3 Å². The van der Waals surface area contributed by atoms with Gasteiger partial charge in [0.2, 0.25) is 5.91 Å². The molecule has 1 amide bonds. The Balaban J connectivity index is 1.36. The van der Waals surface area contributed by atoms with E-state index in [-0.39, 0.29) is 18.6 Å². The van der Waals surface area contributed by atoms with E-state index in [4.69, 9.17) is 4.98 Å². The molecule has 10 nitrogen and oxygen atoms in total. The Morgan fingerprint density at radius 3 is 2.68 bits per heavy atom. The molecule has 5 rings (SSSR count). The van der Waals surface area contributed by atoms with Crippen molar-refractivity contribution in [1.29, 1.82) is 0 Å². The molecule has 1 saturated carbocycles. The van der Waals surface area contributed by atoms with Crippen molar-refractivity contribution in [2.75, 3.05) is 23.3 Å². The van der Waals surface area contributed by atoms with Crippen molar-refractivity contribution in [2.45, 2.75) is 38.2 Å². The maximum Gasteiger partial charge on any atom is 0.247 e. The molecule has 0 atom stereocenters. The summed E-state index contributed by atoms with van der Waals surface area (Å²) < 4.78 is 0. The minimum absolute atomic E-state index is 0.00594. The fourth-order valence-corrected chi connectivity index (χ4v) is 4.19. The van der Waals surface area contributed by atoms with Gasteiger partial charge in [-0.15, -0.1) is 0 Å². The van der Waals surface area contributed by atoms with Gasteiger partial charge in [-0.25, -0.2) is 15.0 Å². The summed E-state index contributed by atoms with van der Waals surface area (Å²) >= 11 is 0. The number of nitrogens with one attached hydrogen (secondary N) is 2. The first-order valence-electron chi connectivity index (χ1n) is 10.6. The molecule has 0 aromatic carbocycles. The molecule has 0 radical (unpaired) electrons. The molecule has 0 saturated heterocycles. The number of aromatic nitrogens is 6. The Labute approximate surface area is 179 Å². The number of hydrogen-bond acceptors (Lipinski definition) is 8. The van der Waals surface area contributed by atoms with Gasteiger partial charge in [0.25, 0.3) is 0 Å². The second-order valence-corrected chi connectivity index (χ2v) is 8.06. The van der Waals surface area contributed by atoms with Crippen LogP contribution in [0.3, 0.4) is 0 Å². The van der Waals surface area contributed by atoms with Gasteiger partial charge in [0.1, 0.15) is 12.0 Å². The number of aliphatic hydroxyl groups is 1. The van der Waals surface area contributed by atoms with Gasteiger partial charge >= 0.3 is 0 Å². The van der Waals surface area contributed by atoms with Crippen molar-refractivity contribution in [3.8, 4) is 22.8 Å². The van der Waals surface area contributed by atoms with Crippen LogP contribution < -0.4 is 10.2 Å². The van der Waals surface area contributed by atoms with Crippen molar-refractivity contribution >= 4 is 17.5 Å². The third-order valence-electron chi connectivity index (χ3n) is 6.01. The van der Waals surface area contributed by atoms with E-state index in [9.17, 15) is 9.90 Å². The number of aromatic amines is 1. The van der Waals surface area contributed by atoms with Gasteiger partial charge in [-0.2, -0.15) is 5.10 Å². The van der Waals surface area contributed by atoms with Gasteiger partial charge in [0.05, 0.1) is 24.5 Å². The van der Waals surface area contributed by atoms with E-state index in [2.05, 4.69) is 30.5 Å². The lowest BCUT2D eigenvalue weighted by atomic mass is 9.85. The SMILES string of the molecule is O=C1CNc2ncc(-c3ccc(-c4ncn[nH]4)nc3)nc2N1CCC1CCC(O)CC1. The van der Waals surface area contributed by atoms with Crippen LogP contribution in [0, 0.1) is 5.92 Å². The second-order valence-electron chi connectivity index (χ2n) is 8.06. The van der Waals surface area contributed by atoms with Gasteiger partial charge in [0, 0.05) is 18.3 Å². The number of hydrogen-bond donors (Lipinski definition) is 3. The molecule has 1 aliphatic heterocycles. The standard InChI is InChI=1S/C21H24N8O2/c30-15-4-1-13(2-5-15)7-8-29-18(31)11-24-20-21(29)27-17(10-23-20)14-3-6-16(22-9-14)19-25-12-26-28-19/h3,6,9-10,12-13,15,30H,1-2,4-5,7-8,11H2,(H,23,24)(H,25,26,28). The normalized spacial score (nSPS) is 20.9. The predicted molar refractivity (Wildman–Crippen MR) is 114 cm³/mol. The number of H-pyrrole nitrogens is 1. The van der Waals surface area contributed by atoms with Crippen molar-refractivity contribution in [3.63, 3.8) is 0 Å². The first kappa shape index (κ1) is 19.6. The van der Waals surface area contributed by atoms with Gasteiger partial charge in [-0.1, -0.05) is 0 Å². The Hall–Kier alpha value is -3.40. The summed E-state index contributed by atoms with van der Waals surface area (Å²) in [6.07, 6.45) is 9.26. The summed E-state index contributed by atoms with van der Waals surface area (Å²) in [7, 11) is 0. The first-order chi connectivity index (χ1) is 15.2. The molecule has 3 N–H and O–H groups in total. The third kappa shape index (κ3) is 4.11. The van der Waals surface area contributed by atoms with Crippen molar-refractivity contribution in [2.24, 2.45) is 5.92 Å². The zero-order valence-corrected chi connectivity index (χ0v) is 17.0. The van der Waals surface area contributed by atoms with E-state index in [1.807, 2.05) is 12.1 Å². The number of nitrogens with zero attached hydrogens (tertiary/aromatic N) is 6. The van der Waals surface area contributed by atoms with E-state index in [0.29, 0.717) is 41.3 Å². The molecular formula is C21H24N8O2. The molecule has 2 aliphatic rings. The average molecular weight is 420 g/mol. The first-order valence-corrected chi connectivity index (χ1v) is 10.6. The molecule has 160 valence electrons. The van der Waals surface area contributed by atoms with Crippen LogP contribution in [0.4, 0.5) is 11.6 Å². The van der Waals surface area contributed by atoms with Crippen LogP contribution in [0.2, 0.25) is 0 Å². The smallest absolute Gasteiger partial charge is 0.247 e. The highest BCUT2D eigenvalue weighted by molar-refractivity contribution is 6.00. The number of rotatable bonds is 5. The van der Waals surface area contributed by atoms with Crippen LogP contribution >= 0.6 is 0 Å². The lowest BCUT2D eigenvalue weighted by Crippen LogP contribution is -2.42. The quantitative estimate of drug-likeness (QED) is 0.571. The predicted octanol–water partition coefficient (Wildman–Crippen LogP) is 2.02. The van der Waals surface area contributed by atoms with Gasteiger partial charge < -0.3 is 10.4 Å². The van der Waals surface area contributed by atoms with E-state index < -0.39 is 0 Å². The third-order valence-corrected chi connectivity index (χ3v) is 6.01. The molecule has 1 aliphatic carbocycles. The molecular weight excluding hydrogens is 396 g/mol. The van der Waals surface area contributed by atoms with Crippen LogP contribution in [0.25, 0.3) is 22.8 Å². The fraction of sp³-hybridized carbons (Fsp3) is 0.429. The minimum Gasteiger partial charge on any atom is -0.393 e. The number of pyridine rings is 1.